The van der Waals surface area contributed by atoms with Gasteiger partial charge < -0.3 is 5.32 Å². The second-order valence-corrected chi connectivity index (χ2v) is 5.46. The molecule has 5 nitrogen and oxygen atoms in total. The average Bonchev–Trinajstić information content (AvgIpc) is 2.96. The number of anilines is 2. The number of nitrogens with zero attached hydrogens (tertiary/aromatic N) is 2. The molecule has 108 valence electrons. The molecule has 0 saturated heterocycles. The van der Waals surface area contributed by atoms with Crippen molar-refractivity contribution in [2.24, 2.45) is 5.84 Å². The van der Waals surface area contributed by atoms with Crippen molar-refractivity contribution in [2.45, 2.75) is 13.0 Å². The highest BCUT2D eigenvalue weighted by Gasteiger charge is 2.14. The third kappa shape index (κ3) is 2.65. The van der Waals surface area contributed by atoms with Gasteiger partial charge in [0.25, 0.3) is 0 Å². The molecular weight excluding hydrogens is 289 g/mol. The lowest BCUT2D eigenvalue weighted by Crippen LogP contribution is -2.14. The summed E-state index contributed by atoms with van der Waals surface area (Å²) in [6.45, 7) is 1.88. The first-order chi connectivity index (χ1) is 10.2. The Morgan fingerprint density at radius 2 is 2.05 bits per heavy atom. The fourth-order valence-corrected chi connectivity index (χ4v) is 2.90. The van der Waals surface area contributed by atoms with Gasteiger partial charge in [-0.05, 0) is 24.4 Å². The van der Waals surface area contributed by atoms with Gasteiger partial charge in [-0.15, -0.1) is 11.3 Å². The van der Waals surface area contributed by atoms with Gasteiger partial charge >= 0.3 is 0 Å². The van der Waals surface area contributed by atoms with Gasteiger partial charge in [-0.2, -0.15) is 4.98 Å². The fourth-order valence-electron chi connectivity index (χ4n) is 2.14. The number of nitrogen functional groups attached to an aromatic ring is 1. The molecule has 0 aliphatic carbocycles. The zero-order valence-electron chi connectivity index (χ0n) is 11.3. The summed E-state index contributed by atoms with van der Waals surface area (Å²) in [7, 11) is 0. The van der Waals surface area contributed by atoms with E-state index in [1.54, 1.807) is 12.1 Å². The lowest BCUT2D eigenvalue weighted by molar-refractivity contribution is 0.600. The lowest BCUT2D eigenvalue weighted by Gasteiger charge is -2.16. The first-order valence-electron chi connectivity index (χ1n) is 6.42. The molecule has 21 heavy (non-hydrogen) atoms. The van der Waals surface area contributed by atoms with Crippen LogP contribution in [0.5, 0.6) is 0 Å². The predicted molar refractivity (Wildman–Crippen MR) is 83.7 cm³/mol. The molecule has 1 atom stereocenters. The number of thiophene rings is 1. The van der Waals surface area contributed by atoms with Crippen LogP contribution in [0.25, 0.3) is 10.2 Å². The second-order valence-electron chi connectivity index (χ2n) is 4.57. The average molecular weight is 303 g/mol. The first kappa shape index (κ1) is 13.7. The minimum atomic E-state index is -0.245. The standard InChI is InChI=1S/C14H14FN5S/c1-8(9-4-2-3-5-11(9)15)17-12-10-6-7-21-13(10)19-14(18-12)20-16/h2-8H,16H2,1H3,(H2,17,18,19,20). The van der Waals surface area contributed by atoms with Gasteiger partial charge in [0.15, 0.2) is 0 Å². The van der Waals surface area contributed by atoms with E-state index in [2.05, 4.69) is 20.7 Å². The van der Waals surface area contributed by atoms with Crippen molar-refractivity contribution < 1.29 is 4.39 Å². The molecule has 3 aromatic rings. The first-order valence-corrected chi connectivity index (χ1v) is 7.30. The van der Waals surface area contributed by atoms with Crippen molar-refractivity contribution in [3.8, 4) is 0 Å². The normalized spacial score (nSPS) is 12.3. The van der Waals surface area contributed by atoms with Crippen LogP contribution in [0.3, 0.4) is 0 Å². The van der Waals surface area contributed by atoms with E-state index >= 15 is 0 Å². The number of hydrogen-bond donors (Lipinski definition) is 3. The molecule has 0 aliphatic rings. The summed E-state index contributed by atoms with van der Waals surface area (Å²) >= 11 is 1.50. The van der Waals surface area contributed by atoms with Crippen molar-refractivity contribution in [2.75, 3.05) is 10.7 Å². The number of hydrazine groups is 1. The summed E-state index contributed by atoms with van der Waals surface area (Å²) in [5, 5.41) is 6.04. The molecule has 0 amide bonds. The third-order valence-corrected chi connectivity index (χ3v) is 3.99. The molecule has 4 N–H and O–H groups in total. The van der Waals surface area contributed by atoms with E-state index < -0.39 is 0 Å². The van der Waals surface area contributed by atoms with Crippen molar-refractivity contribution in [1.29, 1.82) is 0 Å². The highest BCUT2D eigenvalue weighted by Crippen LogP contribution is 2.29. The maximum atomic E-state index is 13.8. The topological polar surface area (TPSA) is 75.9 Å². The molecule has 0 saturated carbocycles. The minimum absolute atomic E-state index is 0.227. The van der Waals surface area contributed by atoms with E-state index in [9.17, 15) is 4.39 Å². The fraction of sp³-hybridized carbons (Fsp3) is 0.143. The number of aromatic nitrogens is 2. The van der Waals surface area contributed by atoms with Crippen molar-refractivity contribution >= 4 is 33.3 Å². The lowest BCUT2D eigenvalue weighted by atomic mass is 10.1. The van der Waals surface area contributed by atoms with E-state index in [-0.39, 0.29) is 11.9 Å². The Kier molecular flexibility index (Phi) is 3.68. The zero-order valence-corrected chi connectivity index (χ0v) is 12.1. The molecule has 0 radical (unpaired) electrons. The van der Waals surface area contributed by atoms with Crippen LogP contribution >= 0.6 is 11.3 Å². The number of halogens is 1. The van der Waals surface area contributed by atoms with E-state index in [4.69, 9.17) is 5.84 Å². The Morgan fingerprint density at radius 3 is 2.81 bits per heavy atom. The summed E-state index contributed by atoms with van der Waals surface area (Å²) in [5.41, 5.74) is 3.03. The molecule has 2 heterocycles. The van der Waals surface area contributed by atoms with Gasteiger partial charge in [0.1, 0.15) is 16.5 Å². The third-order valence-electron chi connectivity index (χ3n) is 3.18. The van der Waals surface area contributed by atoms with Crippen LogP contribution in [0, 0.1) is 5.82 Å². The van der Waals surface area contributed by atoms with Crippen molar-refractivity contribution in [3.05, 3.63) is 47.1 Å². The van der Waals surface area contributed by atoms with Gasteiger partial charge in [-0.1, -0.05) is 18.2 Å². The zero-order chi connectivity index (χ0) is 14.8. The monoisotopic (exact) mass is 303 g/mol. The Hall–Kier alpha value is -2.25. The van der Waals surface area contributed by atoms with E-state index in [1.807, 2.05) is 24.4 Å². The van der Waals surface area contributed by atoms with Crippen molar-refractivity contribution in [3.63, 3.8) is 0 Å². The van der Waals surface area contributed by atoms with Crippen LogP contribution < -0.4 is 16.6 Å². The highest BCUT2D eigenvalue weighted by molar-refractivity contribution is 7.16. The number of benzene rings is 1. The van der Waals surface area contributed by atoms with Crippen LogP contribution in [0.15, 0.2) is 35.7 Å². The van der Waals surface area contributed by atoms with Crippen LogP contribution in [0.2, 0.25) is 0 Å². The molecule has 7 heteroatoms. The summed E-state index contributed by atoms with van der Waals surface area (Å²) in [6.07, 6.45) is 0. The summed E-state index contributed by atoms with van der Waals surface area (Å²) in [5.74, 6) is 6.10. The second kappa shape index (κ2) is 5.63. The Morgan fingerprint density at radius 1 is 1.24 bits per heavy atom. The van der Waals surface area contributed by atoms with Crippen molar-refractivity contribution in [1.82, 2.24) is 9.97 Å². The smallest absolute Gasteiger partial charge is 0.240 e. The number of hydrogen-bond acceptors (Lipinski definition) is 6. The quantitative estimate of drug-likeness (QED) is 0.509. The Labute approximate surface area is 125 Å². The maximum absolute atomic E-state index is 13.8. The largest absolute Gasteiger partial charge is 0.363 e. The number of nitrogens with two attached hydrogens (primary N) is 1. The molecule has 1 unspecified atom stereocenters. The van der Waals surface area contributed by atoms with E-state index in [0.29, 0.717) is 17.3 Å². The number of nitrogens with one attached hydrogen (secondary N) is 2. The predicted octanol–water partition coefficient (Wildman–Crippen LogP) is 3.29. The number of rotatable bonds is 4. The molecule has 0 bridgehead atoms. The van der Waals surface area contributed by atoms with Crippen LogP contribution in [0.4, 0.5) is 16.2 Å². The Bertz CT molecular complexity index is 773. The number of fused-ring (bicyclic) bond motifs is 1. The van der Waals surface area contributed by atoms with Gasteiger partial charge in [0.05, 0.1) is 11.4 Å². The highest BCUT2D eigenvalue weighted by atomic mass is 32.1. The summed E-state index contributed by atoms with van der Waals surface area (Å²) in [6, 6.07) is 8.38. The molecule has 2 aromatic heterocycles. The SMILES string of the molecule is CC(Nc1nc(NN)nc2sccc12)c1ccccc1F. The van der Waals surface area contributed by atoms with E-state index in [0.717, 1.165) is 10.2 Å². The summed E-state index contributed by atoms with van der Waals surface area (Å²) < 4.78 is 13.8. The molecule has 0 aliphatic heterocycles. The van der Waals surface area contributed by atoms with Crippen LogP contribution in [0.1, 0.15) is 18.5 Å². The Balaban J connectivity index is 1.97. The maximum Gasteiger partial charge on any atom is 0.240 e. The molecule has 0 spiro atoms. The van der Waals surface area contributed by atoms with Gasteiger partial charge in [-0.25, -0.2) is 15.2 Å². The minimum Gasteiger partial charge on any atom is -0.363 e. The molecular formula is C14H14FN5S. The summed E-state index contributed by atoms with van der Waals surface area (Å²) in [4.78, 5) is 9.40. The van der Waals surface area contributed by atoms with Gasteiger partial charge in [0.2, 0.25) is 5.95 Å². The molecule has 1 aromatic carbocycles. The molecule has 0 fully saturated rings. The van der Waals surface area contributed by atoms with Crippen LogP contribution in [-0.2, 0) is 0 Å². The van der Waals surface area contributed by atoms with E-state index in [1.165, 1.54) is 17.4 Å². The van der Waals surface area contributed by atoms with Crippen LogP contribution in [-0.4, -0.2) is 9.97 Å². The van der Waals surface area contributed by atoms with Gasteiger partial charge in [-0.3, -0.25) is 5.43 Å². The molecule has 3 rings (SSSR count). The van der Waals surface area contributed by atoms with Gasteiger partial charge in [0, 0.05) is 5.56 Å².